The van der Waals surface area contributed by atoms with Crippen molar-refractivity contribution in [3.8, 4) is 5.75 Å². The molecule has 1 rings (SSSR count). The van der Waals surface area contributed by atoms with Gasteiger partial charge in [-0.3, -0.25) is 0 Å². The first-order valence-corrected chi connectivity index (χ1v) is 4.89. The van der Waals surface area contributed by atoms with Crippen molar-refractivity contribution in [2.45, 2.75) is 33.8 Å². The second kappa shape index (κ2) is 4.34. The van der Waals surface area contributed by atoms with Gasteiger partial charge in [-0.15, -0.1) is 0 Å². The van der Waals surface area contributed by atoms with Gasteiger partial charge in [0.1, 0.15) is 5.75 Å². The van der Waals surface area contributed by atoms with Crippen LogP contribution in [0, 0.1) is 20.8 Å². The minimum atomic E-state index is -0.950. The highest BCUT2D eigenvalue weighted by atomic mass is 16.5. The zero-order valence-electron chi connectivity index (χ0n) is 9.50. The summed E-state index contributed by atoms with van der Waals surface area (Å²) in [6.07, 6.45) is -0.815. The van der Waals surface area contributed by atoms with Gasteiger partial charge < -0.3 is 9.84 Å². The standard InChI is InChI=1S/C12H16O3/c1-7-5-8(2)11(9(3)6-7)15-10(4)12(13)14/h5-6,10H,1-4H3,(H,13,14)/t10-/m0/s1. The summed E-state index contributed by atoms with van der Waals surface area (Å²) in [4.78, 5) is 10.7. The van der Waals surface area contributed by atoms with Gasteiger partial charge in [-0.05, 0) is 38.8 Å². The highest BCUT2D eigenvalue weighted by Crippen LogP contribution is 2.25. The van der Waals surface area contributed by atoms with Crippen molar-refractivity contribution >= 4 is 5.97 Å². The van der Waals surface area contributed by atoms with E-state index in [2.05, 4.69) is 0 Å². The van der Waals surface area contributed by atoms with Gasteiger partial charge in [-0.2, -0.15) is 0 Å². The van der Waals surface area contributed by atoms with Crippen molar-refractivity contribution in [2.24, 2.45) is 0 Å². The summed E-state index contributed by atoms with van der Waals surface area (Å²) < 4.78 is 5.39. The van der Waals surface area contributed by atoms with Crippen LogP contribution in [0.2, 0.25) is 0 Å². The van der Waals surface area contributed by atoms with Gasteiger partial charge in [-0.1, -0.05) is 17.7 Å². The van der Waals surface area contributed by atoms with Crippen molar-refractivity contribution in [2.75, 3.05) is 0 Å². The average molecular weight is 208 g/mol. The second-order valence-corrected chi connectivity index (χ2v) is 3.83. The predicted molar refractivity (Wildman–Crippen MR) is 58.4 cm³/mol. The van der Waals surface area contributed by atoms with Crippen LogP contribution < -0.4 is 4.74 Å². The summed E-state index contributed by atoms with van der Waals surface area (Å²) in [5.74, 6) is -0.273. The third kappa shape index (κ3) is 2.72. The van der Waals surface area contributed by atoms with Gasteiger partial charge in [0, 0.05) is 0 Å². The fraction of sp³-hybridized carbons (Fsp3) is 0.417. The molecule has 1 atom stereocenters. The fourth-order valence-electron chi connectivity index (χ4n) is 1.58. The largest absolute Gasteiger partial charge is 0.479 e. The molecule has 0 aliphatic rings. The number of ether oxygens (including phenoxy) is 1. The molecule has 1 aromatic carbocycles. The third-order valence-corrected chi connectivity index (χ3v) is 2.25. The SMILES string of the molecule is Cc1cc(C)c(O[C@@H](C)C(=O)O)c(C)c1. The Bertz CT molecular complexity index is 359. The maximum Gasteiger partial charge on any atom is 0.344 e. The highest BCUT2D eigenvalue weighted by Gasteiger charge is 2.15. The molecule has 1 aromatic rings. The molecule has 82 valence electrons. The first-order valence-electron chi connectivity index (χ1n) is 4.89. The van der Waals surface area contributed by atoms with Crippen LogP contribution in [0.3, 0.4) is 0 Å². The van der Waals surface area contributed by atoms with E-state index in [0.717, 1.165) is 16.7 Å². The lowest BCUT2D eigenvalue weighted by molar-refractivity contribution is -0.144. The Morgan fingerprint density at radius 1 is 1.27 bits per heavy atom. The first-order chi connectivity index (χ1) is 6.91. The van der Waals surface area contributed by atoms with E-state index < -0.39 is 12.1 Å². The third-order valence-electron chi connectivity index (χ3n) is 2.25. The number of rotatable bonds is 3. The monoisotopic (exact) mass is 208 g/mol. The van der Waals surface area contributed by atoms with Crippen LogP contribution in [0.25, 0.3) is 0 Å². The maximum absolute atomic E-state index is 10.7. The number of benzene rings is 1. The van der Waals surface area contributed by atoms with Crippen LogP contribution in [0.1, 0.15) is 23.6 Å². The molecule has 0 aliphatic heterocycles. The van der Waals surface area contributed by atoms with Crippen LogP contribution in [-0.2, 0) is 4.79 Å². The van der Waals surface area contributed by atoms with E-state index >= 15 is 0 Å². The topological polar surface area (TPSA) is 46.5 Å². The van der Waals surface area contributed by atoms with E-state index in [1.807, 2.05) is 32.9 Å². The van der Waals surface area contributed by atoms with Crippen molar-refractivity contribution in [1.82, 2.24) is 0 Å². The molecule has 0 bridgehead atoms. The fourth-order valence-corrected chi connectivity index (χ4v) is 1.58. The molecule has 3 heteroatoms. The zero-order chi connectivity index (χ0) is 11.6. The highest BCUT2D eigenvalue weighted by molar-refractivity contribution is 5.72. The summed E-state index contributed by atoms with van der Waals surface area (Å²) in [5, 5.41) is 8.75. The van der Waals surface area contributed by atoms with Crippen molar-refractivity contribution in [3.05, 3.63) is 28.8 Å². The minimum Gasteiger partial charge on any atom is -0.479 e. The predicted octanol–water partition coefficient (Wildman–Crippen LogP) is 2.46. The molecule has 1 N–H and O–H groups in total. The Hall–Kier alpha value is -1.51. The van der Waals surface area contributed by atoms with Crippen molar-refractivity contribution in [3.63, 3.8) is 0 Å². The molecule has 0 unspecified atom stereocenters. The molecule has 0 radical (unpaired) electrons. The molecule has 0 fully saturated rings. The van der Waals surface area contributed by atoms with E-state index in [9.17, 15) is 4.79 Å². The molecule has 0 saturated heterocycles. The number of carboxylic acid groups (broad SMARTS) is 1. The number of aliphatic carboxylic acids is 1. The van der Waals surface area contributed by atoms with E-state index in [-0.39, 0.29) is 0 Å². The van der Waals surface area contributed by atoms with Crippen LogP contribution in [-0.4, -0.2) is 17.2 Å². The lowest BCUT2D eigenvalue weighted by atomic mass is 10.1. The van der Waals surface area contributed by atoms with E-state index in [1.54, 1.807) is 0 Å². The maximum atomic E-state index is 10.7. The number of aryl methyl sites for hydroxylation is 3. The van der Waals surface area contributed by atoms with Gasteiger partial charge in [0.05, 0.1) is 0 Å². The molecule has 0 aromatic heterocycles. The first kappa shape index (κ1) is 11.6. The Kier molecular flexibility index (Phi) is 3.35. The second-order valence-electron chi connectivity index (χ2n) is 3.83. The minimum absolute atomic E-state index is 0.676. The number of carbonyl (C=O) groups is 1. The lowest BCUT2D eigenvalue weighted by Gasteiger charge is -2.15. The van der Waals surface area contributed by atoms with Gasteiger partial charge in [-0.25, -0.2) is 4.79 Å². The van der Waals surface area contributed by atoms with E-state index in [4.69, 9.17) is 9.84 Å². The smallest absolute Gasteiger partial charge is 0.344 e. The normalized spacial score (nSPS) is 12.3. The molecular formula is C12H16O3. The summed E-state index contributed by atoms with van der Waals surface area (Å²) in [5.41, 5.74) is 3.10. The molecule has 0 spiro atoms. The van der Waals surface area contributed by atoms with E-state index in [1.165, 1.54) is 6.92 Å². The lowest BCUT2D eigenvalue weighted by Crippen LogP contribution is -2.23. The Morgan fingerprint density at radius 3 is 2.13 bits per heavy atom. The molecule has 15 heavy (non-hydrogen) atoms. The molecule has 0 amide bonds. The summed E-state index contributed by atoms with van der Waals surface area (Å²) >= 11 is 0. The Balaban J connectivity index is 3.00. The molecule has 0 saturated carbocycles. The van der Waals surface area contributed by atoms with Crippen molar-refractivity contribution < 1.29 is 14.6 Å². The number of hydrogen-bond donors (Lipinski definition) is 1. The van der Waals surface area contributed by atoms with Gasteiger partial charge in [0.15, 0.2) is 6.10 Å². The van der Waals surface area contributed by atoms with Crippen LogP contribution in [0.5, 0.6) is 5.75 Å². The van der Waals surface area contributed by atoms with Crippen LogP contribution in [0.15, 0.2) is 12.1 Å². The van der Waals surface area contributed by atoms with Gasteiger partial charge in [0.25, 0.3) is 0 Å². The Labute approximate surface area is 89.7 Å². The average Bonchev–Trinajstić information content (AvgIpc) is 2.10. The van der Waals surface area contributed by atoms with Crippen LogP contribution in [0.4, 0.5) is 0 Å². The summed E-state index contributed by atoms with van der Waals surface area (Å²) in [7, 11) is 0. The summed E-state index contributed by atoms with van der Waals surface area (Å²) in [6.45, 7) is 7.37. The van der Waals surface area contributed by atoms with Crippen LogP contribution >= 0.6 is 0 Å². The molecule has 0 aliphatic carbocycles. The quantitative estimate of drug-likeness (QED) is 0.830. The Morgan fingerprint density at radius 2 is 1.73 bits per heavy atom. The van der Waals surface area contributed by atoms with Gasteiger partial charge >= 0.3 is 5.97 Å². The van der Waals surface area contributed by atoms with E-state index in [0.29, 0.717) is 5.75 Å². The molecule has 3 nitrogen and oxygen atoms in total. The van der Waals surface area contributed by atoms with Gasteiger partial charge in [0.2, 0.25) is 0 Å². The van der Waals surface area contributed by atoms with Crippen molar-refractivity contribution in [1.29, 1.82) is 0 Å². The molecular weight excluding hydrogens is 192 g/mol. The number of hydrogen-bond acceptors (Lipinski definition) is 2. The number of carboxylic acids is 1. The summed E-state index contributed by atoms with van der Waals surface area (Å²) in [6, 6.07) is 3.97. The zero-order valence-corrected chi connectivity index (χ0v) is 9.50. The molecule has 0 heterocycles.